The Bertz CT molecular complexity index is 694. The standard InChI is InChI=1S/C11H15N3O6S/c1-21(19,20)7-5-8(10(15)16)12-11(17)13-9-4-2-3-6-14(9)18/h2-4,6,8,18H,5,7H2,1H3,(H,12,17)(H,15,16). The van der Waals surface area contributed by atoms with Gasteiger partial charge in [-0.15, -0.1) is 0 Å². The molecule has 1 atom stereocenters. The van der Waals surface area contributed by atoms with E-state index < -0.39 is 27.9 Å². The molecule has 116 valence electrons. The van der Waals surface area contributed by atoms with Crippen LogP contribution in [0.25, 0.3) is 0 Å². The lowest BCUT2D eigenvalue weighted by atomic mass is 10.2. The number of hydrogen-bond donors (Lipinski definition) is 3. The summed E-state index contributed by atoms with van der Waals surface area (Å²) < 4.78 is 22.6. The van der Waals surface area contributed by atoms with Crippen LogP contribution in [0.1, 0.15) is 6.42 Å². The van der Waals surface area contributed by atoms with E-state index in [9.17, 15) is 23.2 Å². The van der Waals surface area contributed by atoms with Gasteiger partial charge in [0.2, 0.25) is 0 Å². The van der Waals surface area contributed by atoms with Crippen LogP contribution in [-0.2, 0) is 14.6 Å². The molecule has 0 spiro atoms. The molecule has 0 aromatic carbocycles. The number of urea groups is 1. The quantitative estimate of drug-likeness (QED) is 0.609. The van der Waals surface area contributed by atoms with Crippen molar-refractivity contribution in [2.24, 2.45) is 4.99 Å². The second-order valence-corrected chi connectivity index (χ2v) is 6.53. The summed E-state index contributed by atoms with van der Waals surface area (Å²) in [7, 11) is -3.34. The second-order valence-electron chi connectivity index (χ2n) is 4.27. The maximum absolute atomic E-state index is 11.6. The van der Waals surface area contributed by atoms with Crippen LogP contribution >= 0.6 is 0 Å². The van der Waals surface area contributed by atoms with Gasteiger partial charge in [-0.2, -0.15) is 9.72 Å². The molecular weight excluding hydrogens is 302 g/mol. The third-order valence-corrected chi connectivity index (χ3v) is 3.38. The van der Waals surface area contributed by atoms with E-state index in [1.165, 1.54) is 24.4 Å². The zero-order valence-electron chi connectivity index (χ0n) is 11.1. The van der Waals surface area contributed by atoms with Crippen LogP contribution in [0, 0.1) is 0 Å². The van der Waals surface area contributed by atoms with E-state index in [1.807, 2.05) is 0 Å². The average molecular weight is 317 g/mol. The number of rotatable bonds is 5. The van der Waals surface area contributed by atoms with E-state index >= 15 is 0 Å². The maximum atomic E-state index is 11.6. The Morgan fingerprint density at radius 1 is 1.43 bits per heavy atom. The first-order valence-electron chi connectivity index (χ1n) is 5.82. The molecule has 0 saturated carbocycles. The number of carboxylic acid groups (broad SMARTS) is 1. The zero-order chi connectivity index (χ0) is 16.0. The van der Waals surface area contributed by atoms with Crippen LogP contribution in [0.3, 0.4) is 0 Å². The molecule has 0 aliphatic carbocycles. The predicted octanol–water partition coefficient (Wildman–Crippen LogP) is -0.776. The SMILES string of the molecule is CS(=O)(=O)CCC(NC(=O)N=c1ccccn1O)C(=O)O. The van der Waals surface area contributed by atoms with Crippen molar-refractivity contribution in [2.75, 3.05) is 12.0 Å². The van der Waals surface area contributed by atoms with E-state index in [-0.39, 0.29) is 17.7 Å². The highest BCUT2D eigenvalue weighted by Gasteiger charge is 2.21. The number of hydrogen-bond acceptors (Lipinski definition) is 5. The Hall–Kier alpha value is -2.36. The number of aliphatic carboxylic acids is 1. The van der Waals surface area contributed by atoms with Crippen molar-refractivity contribution in [3.63, 3.8) is 0 Å². The molecule has 1 unspecified atom stereocenters. The first kappa shape index (κ1) is 16.7. The number of nitrogens with one attached hydrogen (secondary N) is 1. The van der Waals surface area contributed by atoms with Crippen LogP contribution in [0.15, 0.2) is 29.4 Å². The molecular formula is C11H15N3O6S. The molecule has 0 saturated heterocycles. The number of carboxylic acids is 1. The molecule has 0 aliphatic heterocycles. The van der Waals surface area contributed by atoms with Crippen LogP contribution in [-0.4, -0.2) is 53.5 Å². The van der Waals surface area contributed by atoms with Gasteiger partial charge >= 0.3 is 12.0 Å². The van der Waals surface area contributed by atoms with Crippen molar-refractivity contribution in [1.29, 1.82) is 0 Å². The highest BCUT2D eigenvalue weighted by molar-refractivity contribution is 7.90. The summed E-state index contributed by atoms with van der Waals surface area (Å²) in [6.45, 7) is 0. The normalized spacial score (nSPS) is 13.7. The lowest BCUT2D eigenvalue weighted by Gasteiger charge is -2.11. The third-order valence-electron chi connectivity index (χ3n) is 2.41. The predicted molar refractivity (Wildman–Crippen MR) is 71.5 cm³/mol. The minimum Gasteiger partial charge on any atom is -0.480 e. The summed E-state index contributed by atoms with van der Waals surface area (Å²) >= 11 is 0. The van der Waals surface area contributed by atoms with Crippen molar-refractivity contribution in [2.45, 2.75) is 12.5 Å². The van der Waals surface area contributed by atoms with E-state index in [4.69, 9.17) is 5.11 Å². The molecule has 9 nitrogen and oxygen atoms in total. The molecule has 21 heavy (non-hydrogen) atoms. The van der Waals surface area contributed by atoms with Gasteiger partial charge in [0, 0.05) is 12.5 Å². The van der Waals surface area contributed by atoms with E-state index in [2.05, 4.69) is 10.3 Å². The maximum Gasteiger partial charge on any atom is 0.343 e. The minimum atomic E-state index is -3.34. The lowest BCUT2D eigenvalue weighted by molar-refractivity contribution is -0.139. The smallest absolute Gasteiger partial charge is 0.343 e. The fourth-order valence-electron chi connectivity index (χ4n) is 1.39. The van der Waals surface area contributed by atoms with Gasteiger partial charge in [0.25, 0.3) is 0 Å². The summed E-state index contributed by atoms with van der Waals surface area (Å²) in [5, 5.41) is 20.4. The molecule has 10 heteroatoms. The number of pyridine rings is 1. The van der Waals surface area contributed by atoms with Crippen molar-refractivity contribution in [1.82, 2.24) is 10.0 Å². The van der Waals surface area contributed by atoms with E-state index in [1.54, 1.807) is 0 Å². The molecule has 1 rings (SSSR count). The number of sulfone groups is 1. The Labute approximate surface area is 120 Å². The molecule has 1 aromatic rings. The van der Waals surface area contributed by atoms with Crippen molar-refractivity contribution < 1.29 is 28.3 Å². The van der Waals surface area contributed by atoms with Gasteiger partial charge in [-0.1, -0.05) is 6.07 Å². The fourth-order valence-corrected chi connectivity index (χ4v) is 2.05. The van der Waals surface area contributed by atoms with Gasteiger partial charge < -0.3 is 15.6 Å². The molecule has 3 N–H and O–H groups in total. The summed E-state index contributed by atoms with van der Waals surface area (Å²) in [5.74, 6) is -1.75. The van der Waals surface area contributed by atoms with Crippen molar-refractivity contribution in [3.05, 3.63) is 29.9 Å². The number of nitrogens with zero attached hydrogens (tertiary/aromatic N) is 2. The van der Waals surface area contributed by atoms with Crippen LogP contribution < -0.4 is 10.8 Å². The van der Waals surface area contributed by atoms with Crippen LogP contribution in [0.5, 0.6) is 0 Å². The van der Waals surface area contributed by atoms with Gasteiger partial charge in [0.05, 0.1) is 5.75 Å². The van der Waals surface area contributed by atoms with E-state index in [0.717, 1.165) is 6.26 Å². The Kier molecular flexibility index (Phi) is 5.47. The first-order chi connectivity index (χ1) is 9.69. The number of carbonyl (C=O) groups excluding carboxylic acids is 1. The lowest BCUT2D eigenvalue weighted by Crippen LogP contribution is -2.41. The highest BCUT2D eigenvalue weighted by atomic mass is 32.2. The number of carbonyl (C=O) groups is 2. The highest BCUT2D eigenvalue weighted by Crippen LogP contribution is 1.97. The largest absolute Gasteiger partial charge is 0.480 e. The monoisotopic (exact) mass is 317 g/mol. The van der Waals surface area contributed by atoms with Crippen LogP contribution in [0.2, 0.25) is 0 Å². The molecule has 2 amide bonds. The Morgan fingerprint density at radius 3 is 2.62 bits per heavy atom. The first-order valence-corrected chi connectivity index (χ1v) is 7.88. The number of aromatic nitrogens is 1. The van der Waals surface area contributed by atoms with Gasteiger partial charge in [0.15, 0.2) is 5.49 Å². The van der Waals surface area contributed by atoms with Crippen LogP contribution in [0.4, 0.5) is 4.79 Å². The van der Waals surface area contributed by atoms with Crippen molar-refractivity contribution >= 4 is 21.8 Å². The van der Waals surface area contributed by atoms with Gasteiger partial charge in [-0.3, -0.25) is 0 Å². The fraction of sp³-hybridized carbons (Fsp3) is 0.364. The molecule has 0 bridgehead atoms. The molecule has 1 heterocycles. The Morgan fingerprint density at radius 2 is 2.10 bits per heavy atom. The molecule has 0 radical (unpaired) electrons. The molecule has 0 aliphatic rings. The summed E-state index contributed by atoms with van der Waals surface area (Å²) in [5.41, 5.74) is -0.0951. The molecule has 1 aromatic heterocycles. The van der Waals surface area contributed by atoms with Gasteiger partial charge in [0.1, 0.15) is 15.9 Å². The van der Waals surface area contributed by atoms with Gasteiger partial charge in [-0.05, 0) is 18.6 Å². The average Bonchev–Trinajstić information content (AvgIpc) is 2.36. The third kappa shape index (κ3) is 6.08. The zero-order valence-corrected chi connectivity index (χ0v) is 11.9. The topological polar surface area (TPSA) is 138 Å². The number of amides is 2. The second kappa shape index (κ2) is 6.88. The summed E-state index contributed by atoms with van der Waals surface area (Å²) in [6, 6.07) is 1.99. The van der Waals surface area contributed by atoms with Crippen molar-refractivity contribution in [3.8, 4) is 0 Å². The summed E-state index contributed by atoms with van der Waals surface area (Å²) in [4.78, 5) is 26.0. The van der Waals surface area contributed by atoms with E-state index in [0.29, 0.717) is 4.73 Å². The summed E-state index contributed by atoms with van der Waals surface area (Å²) in [6.07, 6.45) is 1.94. The minimum absolute atomic E-state index is 0.0951. The Balaban J connectivity index is 2.81. The van der Waals surface area contributed by atoms with Gasteiger partial charge in [-0.25, -0.2) is 18.0 Å². The molecule has 0 fully saturated rings.